The fourth-order valence-corrected chi connectivity index (χ4v) is 4.27. The van der Waals surface area contributed by atoms with Crippen molar-refractivity contribution in [2.45, 2.75) is 44.7 Å². The minimum atomic E-state index is -0.0404. The van der Waals surface area contributed by atoms with Crippen molar-refractivity contribution in [3.8, 4) is 0 Å². The molecule has 0 bridgehead atoms. The van der Waals surface area contributed by atoms with Gasteiger partial charge in [-0.3, -0.25) is 9.48 Å². The number of rotatable bonds is 5. The topological polar surface area (TPSA) is 75.1 Å². The number of nitrogens with zero attached hydrogens (tertiary/aromatic N) is 4. The zero-order valence-electron chi connectivity index (χ0n) is 18.1. The molecule has 7 nitrogen and oxygen atoms in total. The third-order valence-electron chi connectivity index (χ3n) is 5.83. The van der Waals surface area contributed by atoms with Crippen LogP contribution >= 0.6 is 0 Å². The van der Waals surface area contributed by atoms with Gasteiger partial charge in [0.1, 0.15) is 11.5 Å². The van der Waals surface area contributed by atoms with E-state index in [9.17, 15) is 4.79 Å². The molecule has 7 heteroatoms. The van der Waals surface area contributed by atoms with Crippen LogP contribution in [-0.2, 0) is 7.05 Å². The molecule has 1 fully saturated rings. The summed E-state index contributed by atoms with van der Waals surface area (Å²) >= 11 is 0. The molecular weight excluding hydrogens is 376 g/mol. The summed E-state index contributed by atoms with van der Waals surface area (Å²) < 4.78 is 1.64. The molecule has 0 aliphatic heterocycles. The molecule has 4 rings (SSSR count). The number of anilines is 2. The zero-order chi connectivity index (χ0) is 21.3. The highest BCUT2D eigenvalue weighted by atomic mass is 16.2. The van der Waals surface area contributed by atoms with Gasteiger partial charge in [-0.25, -0.2) is 4.98 Å². The number of benzene rings is 1. The molecule has 1 aromatic carbocycles. The van der Waals surface area contributed by atoms with E-state index >= 15 is 0 Å². The SMILES string of the molecule is Cc1cc(C(=O)NC2CCC(Nc3cc(N(C)C)c4ccccc4n3)CC2)n(C)n1. The maximum atomic E-state index is 12.5. The van der Waals surface area contributed by atoms with Crippen molar-refractivity contribution in [2.24, 2.45) is 7.05 Å². The third kappa shape index (κ3) is 4.25. The molecule has 0 atom stereocenters. The quantitative estimate of drug-likeness (QED) is 0.678. The fraction of sp³-hybridized carbons (Fsp3) is 0.435. The van der Waals surface area contributed by atoms with Gasteiger partial charge in [0.2, 0.25) is 0 Å². The predicted octanol–water partition coefficient (Wildman–Crippen LogP) is 3.50. The van der Waals surface area contributed by atoms with E-state index in [4.69, 9.17) is 4.98 Å². The molecule has 0 saturated heterocycles. The van der Waals surface area contributed by atoms with E-state index in [1.807, 2.05) is 25.1 Å². The molecule has 30 heavy (non-hydrogen) atoms. The summed E-state index contributed by atoms with van der Waals surface area (Å²) in [5.41, 5.74) is 3.63. The lowest BCUT2D eigenvalue weighted by Crippen LogP contribution is -2.40. The van der Waals surface area contributed by atoms with Gasteiger partial charge in [0, 0.05) is 50.4 Å². The number of pyridine rings is 1. The number of aromatic nitrogens is 3. The highest BCUT2D eigenvalue weighted by Crippen LogP contribution is 2.29. The normalized spacial score (nSPS) is 18.9. The van der Waals surface area contributed by atoms with Crippen LogP contribution in [0.25, 0.3) is 10.9 Å². The van der Waals surface area contributed by atoms with Crippen molar-refractivity contribution in [2.75, 3.05) is 24.3 Å². The highest BCUT2D eigenvalue weighted by Gasteiger charge is 2.24. The molecule has 0 spiro atoms. The second kappa shape index (κ2) is 8.34. The Morgan fingerprint density at radius 1 is 1.10 bits per heavy atom. The summed E-state index contributed by atoms with van der Waals surface area (Å²) in [7, 11) is 5.92. The first-order valence-corrected chi connectivity index (χ1v) is 10.6. The van der Waals surface area contributed by atoms with Crippen molar-refractivity contribution < 1.29 is 4.79 Å². The number of carbonyl (C=O) groups is 1. The number of hydrogen-bond donors (Lipinski definition) is 2. The van der Waals surface area contributed by atoms with E-state index in [0.29, 0.717) is 11.7 Å². The Morgan fingerprint density at radius 3 is 2.47 bits per heavy atom. The number of para-hydroxylation sites is 1. The molecule has 2 aromatic heterocycles. The van der Waals surface area contributed by atoms with Crippen LogP contribution < -0.4 is 15.5 Å². The van der Waals surface area contributed by atoms with Gasteiger partial charge in [-0.05, 0) is 44.7 Å². The van der Waals surface area contributed by atoms with Crippen LogP contribution in [-0.4, -0.2) is 46.9 Å². The van der Waals surface area contributed by atoms with Gasteiger partial charge in [0.25, 0.3) is 5.91 Å². The van der Waals surface area contributed by atoms with Gasteiger partial charge >= 0.3 is 0 Å². The lowest BCUT2D eigenvalue weighted by molar-refractivity contribution is 0.0917. The standard InChI is InChI=1S/C23H30N6O/c1-15-13-21(29(4)27-15)23(30)25-17-11-9-16(10-12-17)24-22-14-20(28(2)3)18-7-5-6-8-19(18)26-22/h5-8,13-14,16-17H,9-12H2,1-4H3,(H,24,26)(H,25,30). The summed E-state index contributed by atoms with van der Waals surface area (Å²) in [5.74, 6) is 0.872. The van der Waals surface area contributed by atoms with E-state index in [1.54, 1.807) is 11.7 Å². The maximum Gasteiger partial charge on any atom is 0.269 e. The Bertz CT molecular complexity index is 1050. The number of nitrogens with one attached hydrogen (secondary N) is 2. The van der Waals surface area contributed by atoms with Gasteiger partial charge < -0.3 is 15.5 Å². The molecule has 2 N–H and O–H groups in total. The predicted molar refractivity (Wildman–Crippen MR) is 121 cm³/mol. The Labute approximate surface area is 177 Å². The van der Waals surface area contributed by atoms with Crippen LogP contribution in [0.1, 0.15) is 41.9 Å². The van der Waals surface area contributed by atoms with E-state index in [-0.39, 0.29) is 11.9 Å². The second-order valence-electron chi connectivity index (χ2n) is 8.40. The molecule has 0 unspecified atom stereocenters. The summed E-state index contributed by atoms with van der Waals surface area (Å²) in [5, 5.41) is 12.2. The first-order chi connectivity index (χ1) is 14.4. The summed E-state index contributed by atoms with van der Waals surface area (Å²) in [6.45, 7) is 1.90. The smallest absolute Gasteiger partial charge is 0.269 e. The van der Waals surface area contributed by atoms with E-state index < -0.39 is 0 Å². The average molecular weight is 407 g/mol. The first kappa shape index (κ1) is 20.2. The Hall–Kier alpha value is -3.09. The Balaban J connectivity index is 1.38. The first-order valence-electron chi connectivity index (χ1n) is 10.6. The van der Waals surface area contributed by atoms with Crippen LogP contribution in [0, 0.1) is 6.92 Å². The van der Waals surface area contributed by atoms with Gasteiger partial charge in [-0.1, -0.05) is 18.2 Å². The van der Waals surface area contributed by atoms with Crippen LogP contribution in [0.15, 0.2) is 36.4 Å². The van der Waals surface area contributed by atoms with Gasteiger partial charge in [0.05, 0.1) is 11.2 Å². The fourth-order valence-electron chi connectivity index (χ4n) is 4.27. The molecule has 0 radical (unpaired) electrons. The number of hydrogen-bond acceptors (Lipinski definition) is 5. The van der Waals surface area contributed by atoms with Crippen molar-refractivity contribution in [1.82, 2.24) is 20.1 Å². The molecule has 2 heterocycles. The van der Waals surface area contributed by atoms with E-state index in [0.717, 1.165) is 53.8 Å². The number of fused-ring (bicyclic) bond motifs is 1. The van der Waals surface area contributed by atoms with E-state index in [1.165, 1.54) is 0 Å². The minimum absolute atomic E-state index is 0.0404. The molecular formula is C23H30N6O. The molecule has 158 valence electrons. The summed E-state index contributed by atoms with van der Waals surface area (Å²) in [6, 6.07) is 12.8. The van der Waals surface area contributed by atoms with Crippen molar-refractivity contribution >= 4 is 28.3 Å². The number of aryl methyl sites for hydroxylation is 2. The summed E-state index contributed by atoms with van der Waals surface area (Å²) in [6.07, 6.45) is 3.91. The van der Waals surface area contributed by atoms with Crippen LogP contribution in [0.5, 0.6) is 0 Å². The molecule has 3 aromatic rings. The largest absolute Gasteiger partial charge is 0.377 e. The monoisotopic (exact) mass is 406 g/mol. The molecule has 1 aliphatic rings. The van der Waals surface area contributed by atoms with Gasteiger partial charge in [0.15, 0.2) is 0 Å². The molecule has 1 amide bonds. The Morgan fingerprint density at radius 2 is 1.80 bits per heavy atom. The highest BCUT2D eigenvalue weighted by molar-refractivity contribution is 5.93. The van der Waals surface area contributed by atoms with Crippen molar-refractivity contribution in [1.29, 1.82) is 0 Å². The Kier molecular flexibility index (Phi) is 5.61. The minimum Gasteiger partial charge on any atom is -0.377 e. The lowest BCUT2D eigenvalue weighted by atomic mass is 9.91. The van der Waals surface area contributed by atoms with Crippen molar-refractivity contribution in [3.63, 3.8) is 0 Å². The zero-order valence-corrected chi connectivity index (χ0v) is 18.1. The number of carbonyl (C=O) groups excluding carboxylic acids is 1. The third-order valence-corrected chi connectivity index (χ3v) is 5.83. The average Bonchev–Trinajstić information content (AvgIpc) is 3.07. The van der Waals surface area contributed by atoms with Gasteiger partial charge in [-0.15, -0.1) is 0 Å². The van der Waals surface area contributed by atoms with Crippen LogP contribution in [0.3, 0.4) is 0 Å². The number of amides is 1. The molecule has 1 aliphatic carbocycles. The molecule has 1 saturated carbocycles. The second-order valence-corrected chi connectivity index (χ2v) is 8.40. The van der Waals surface area contributed by atoms with Crippen LogP contribution in [0.4, 0.5) is 11.5 Å². The van der Waals surface area contributed by atoms with E-state index in [2.05, 4.69) is 52.9 Å². The maximum absolute atomic E-state index is 12.5. The summed E-state index contributed by atoms with van der Waals surface area (Å²) in [4.78, 5) is 19.5. The van der Waals surface area contributed by atoms with Gasteiger partial charge in [-0.2, -0.15) is 5.10 Å². The van der Waals surface area contributed by atoms with Crippen LogP contribution in [0.2, 0.25) is 0 Å². The lowest BCUT2D eigenvalue weighted by Gasteiger charge is -2.30. The van der Waals surface area contributed by atoms with Crippen molar-refractivity contribution in [3.05, 3.63) is 47.8 Å².